The molecule has 20 nitrogen and oxygen atoms in total. The van der Waals surface area contributed by atoms with E-state index in [1.54, 1.807) is 26.2 Å². The smallest absolute Gasteiger partial charge is 0.410 e. The number of nitrogens with two attached hydrogens (primary N) is 1. The van der Waals surface area contributed by atoms with Crippen LogP contribution >= 0.6 is 11.3 Å². The van der Waals surface area contributed by atoms with Gasteiger partial charge in [0, 0.05) is 44.5 Å². The van der Waals surface area contributed by atoms with Gasteiger partial charge in [-0.15, -0.1) is 11.3 Å². The molecule has 2 atom stereocenters. The highest BCUT2D eigenvalue weighted by molar-refractivity contribution is 7.84. The number of cyclic esters (lactones) is 1. The zero-order valence-electron chi connectivity index (χ0n) is 40.5. The van der Waals surface area contributed by atoms with Gasteiger partial charge in [0.1, 0.15) is 35.8 Å². The molecule has 8 rings (SSSR count). The number of Topliss-reactive ketones (excluding diaryl/α,β-unsaturated/α-hetero) is 1. The lowest BCUT2D eigenvalue weighted by Gasteiger charge is -2.45. The molecule has 1 aromatic heterocycles. The average Bonchev–Trinajstić information content (AvgIpc) is 4.13. The summed E-state index contributed by atoms with van der Waals surface area (Å²) in [6.45, 7) is 7.06. The maximum atomic E-state index is 14.4. The van der Waals surface area contributed by atoms with Crippen molar-refractivity contribution < 1.29 is 51.2 Å². The van der Waals surface area contributed by atoms with E-state index in [1.165, 1.54) is 16.2 Å². The van der Waals surface area contributed by atoms with Crippen molar-refractivity contribution in [3.8, 4) is 5.75 Å². The fourth-order valence-electron chi connectivity index (χ4n) is 8.82. The van der Waals surface area contributed by atoms with Crippen molar-refractivity contribution in [3.05, 3.63) is 148 Å². The lowest BCUT2D eigenvalue weighted by Crippen LogP contribution is -2.66. The highest BCUT2D eigenvalue weighted by Crippen LogP contribution is 2.41. The number of alkyl carbamates (subject to hydrolysis) is 1. The molecule has 73 heavy (non-hydrogen) atoms. The van der Waals surface area contributed by atoms with Gasteiger partial charge >= 0.3 is 22.5 Å². The van der Waals surface area contributed by atoms with E-state index in [2.05, 4.69) is 20.8 Å². The van der Waals surface area contributed by atoms with Crippen molar-refractivity contribution in [3.63, 3.8) is 0 Å². The first kappa shape index (κ1) is 51.8. The molecule has 3 amide bonds. The number of ketones is 1. The topological polar surface area (TPSA) is 257 Å². The lowest BCUT2D eigenvalue weighted by atomic mass is 9.77. The number of nitrogens with one attached hydrogen (secondary N) is 2. The zero-order chi connectivity index (χ0) is 51.8. The van der Waals surface area contributed by atoms with Crippen LogP contribution in [0.1, 0.15) is 67.1 Å². The zero-order valence-corrected chi connectivity index (χ0v) is 42.1. The van der Waals surface area contributed by atoms with Crippen LogP contribution in [-0.4, -0.2) is 125 Å². The molecule has 5 aromatic rings. The number of aromatic nitrogens is 1. The highest BCUT2D eigenvalue weighted by Gasteiger charge is 2.55. The minimum atomic E-state index is -5.03. The predicted octanol–water partition coefficient (Wildman–Crippen LogP) is 5.93. The highest BCUT2D eigenvalue weighted by atomic mass is 32.2. The number of carbonyl (C=O) groups excluding carboxylic acids is 4. The maximum absolute atomic E-state index is 14.4. The molecule has 0 bridgehead atoms. The SMILES string of the molecule is CC(C)(C)OC(=O)NCCCN=C(N)N1Cc2ccc(OCCO/N=C(\C(=O)C[C@@H]3C(=O)N(S(=O)(=O)O)[C@@H]3CN3CCOC3=O)c3csc(NC(c4ccccc4)(c4ccccc4)c4ccccc4)n3)cc2C1. The van der Waals surface area contributed by atoms with E-state index in [1.807, 2.05) is 114 Å². The number of ether oxygens (including phenoxy) is 3. The third-order valence-corrected chi connectivity index (χ3v) is 13.9. The summed E-state index contributed by atoms with van der Waals surface area (Å²) in [4.78, 5) is 70.3. The van der Waals surface area contributed by atoms with Crippen LogP contribution < -0.4 is 21.1 Å². The van der Waals surface area contributed by atoms with Crippen molar-refractivity contribution in [2.45, 2.75) is 63.9 Å². The van der Waals surface area contributed by atoms with Crippen molar-refractivity contribution in [1.29, 1.82) is 0 Å². The third-order valence-electron chi connectivity index (χ3n) is 12.2. The number of oxime groups is 1. The first-order valence-electron chi connectivity index (χ1n) is 23.6. The van der Waals surface area contributed by atoms with Crippen LogP contribution in [-0.2, 0) is 52.8 Å². The molecule has 0 aliphatic carbocycles. The number of thiazole rings is 1. The van der Waals surface area contributed by atoms with Gasteiger partial charge in [0.2, 0.25) is 5.91 Å². The number of aliphatic imine (C=N–C) groups is 1. The molecule has 0 radical (unpaired) electrons. The van der Waals surface area contributed by atoms with Gasteiger partial charge in [-0.25, -0.2) is 18.9 Å². The van der Waals surface area contributed by atoms with Crippen LogP contribution in [0.15, 0.2) is 125 Å². The monoisotopic (exact) mass is 1040 g/mol. The number of hydrogen-bond acceptors (Lipinski definition) is 15. The number of amides is 3. The number of anilines is 1. The molecule has 2 saturated heterocycles. The van der Waals surface area contributed by atoms with Crippen LogP contribution in [0.3, 0.4) is 0 Å². The number of guanidine groups is 1. The number of hydrogen-bond donors (Lipinski definition) is 4. The largest absolute Gasteiger partial charge is 0.490 e. The van der Waals surface area contributed by atoms with E-state index < -0.39 is 63.7 Å². The molecular weight excluding hydrogens is 979 g/mol. The summed E-state index contributed by atoms with van der Waals surface area (Å²) >= 11 is 1.21. The lowest BCUT2D eigenvalue weighted by molar-refractivity contribution is -0.149. The summed E-state index contributed by atoms with van der Waals surface area (Å²) in [5, 5.41) is 12.7. The van der Waals surface area contributed by atoms with E-state index in [0.717, 1.165) is 27.8 Å². The van der Waals surface area contributed by atoms with E-state index in [-0.39, 0.29) is 48.6 Å². The summed E-state index contributed by atoms with van der Waals surface area (Å²) in [6.07, 6.45) is -1.17. The molecule has 3 aliphatic heterocycles. The van der Waals surface area contributed by atoms with Crippen molar-refractivity contribution in [2.24, 2.45) is 21.8 Å². The number of β-lactam (4-membered cyclic amide) rings is 1. The Kier molecular flexibility index (Phi) is 15.9. The molecule has 2 fully saturated rings. The van der Waals surface area contributed by atoms with Crippen LogP contribution in [0, 0.1) is 5.92 Å². The fraction of sp³-hybridized carbons (Fsp3) is 0.353. The quantitative estimate of drug-likeness (QED) is 0.0126. The summed E-state index contributed by atoms with van der Waals surface area (Å²) in [5.41, 5.74) is 9.44. The molecule has 5 N–H and O–H groups in total. The second-order valence-electron chi connectivity index (χ2n) is 18.4. The number of nitrogens with zero attached hydrogens (tertiary/aromatic N) is 6. The minimum Gasteiger partial charge on any atom is -0.490 e. The maximum Gasteiger partial charge on any atom is 0.410 e. The Hall–Kier alpha value is -7.56. The number of fused-ring (bicyclic) bond motifs is 1. The Labute approximate surface area is 427 Å². The number of rotatable bonds is 21. The van der Waals surface area contributed by atoms with Crippen LogP contribution in [0.5, 0.6) is 5.75 Å². The van der Waals surface area contributed by atoms with E-state index >= 15 is 0 Å². The molecule has 4 aromatic carbocycles. The van der Waals surface area contributed by atoms with Gasteiger partial charge in [0.15, 0.2) is 29.2 Å². The second kappa shape index (κ2) is 22.5. The molecule has 0 saturated carbocycles. The summed E-state index contributed by atoms with van der Waals surface area (Å²) in [6, 6.07) is 34.0. The van der Waals surface area contributed by atoms with Gasteiger partial charge in [-0.3, -0.25) is 19.1 Å². The molecule has 0 unspecified atom stereocenters. The van der Waals surface area contributed by atoms with Crippen LogP contribution in [0.25, 0.3) is 0 Å². The van der Waals surface area contributed by atoms with Gasteiger partial charge in [-0.2, -0.15) is 8.42 Å². The average molecular weight is 1040 g/mol. The Bertz CT molecular complexity index is 2860. The van der Waals surface area contributed by atoms with Gasteiger partial charge in [-0.1, -0.05) is 102 Å². The first-order chi connectivity index (χ1) is 35.0. The summed E-state index contributed by atoms with van der Waals surface area (Å²) in [5.74, 6) is -2.04. The van der Waals surface area contributed by atoms with E-state index in [9.17, 15) is 32.1 Å². The summed E-state index contributed by atoms with van der Waals surface area (Å²) < 4.78 is 51.2. The standard InChI is InChI=1S/C51H57N9O11S2/c1-50(2,3)71-48(63)54-23-13-22-53-46(52)59-30-34-20-21-39(28-35(34)31-59)68-26-27-70-57-44(43(61)29-40-42(32-58-24-25-69-49(58)64)60(45(40)62)73(65,66)67)41-33-72-47(55-41)56-51(36-14-7-4-8-15-36,37-16-9-5-10-17-37)38-18-11-6-12-19-38/h4-12,14-21,28,33,40,42H,13,22-27,29-32H2,1-3H3,(H2,52,53)(H,54,63)(H,55,56)(H,65,66,67)/b57-44-/t40-,42+/m0/s1. The van der Waals surface area contributed by atoms with E-state index in [4.69, 9.17) is 29.8 Å². The summed E-state index contributed by atoms with van der Waals surface area (Å²) in [7, 11) is -5.03. The Morgan fingerprint density at radius 3 is 2.16 bits per heavy atom. The molecule has 4 heterocycles. The van der Waals surface area contributed by atoms with Crippen LogP contribution in [0.4, 0.5) is 14.7 Å². The fourth-order valence-corrected chi connectivity index (χ4v) is 10.5. The molecule has 22 heteroatoms. The Morgan fingerprint density at radius 1 is 0.918 bits per heavy atom. The van der Waals surface area contributed by atoms with Crippen molar-refractivity contribution in [2.75, 3.05) is 51.3 Å². The molecular formula is C51H57N9O11S2. The first-order valence-corrected chi connectivity index (χ1v) is 25.9. The molecule has 0 spiro atoms. The Morgan fingerprint density at radius 2 is 1.56 bits per heavy atom. The third kappa shape index (κ3) is 12.4. The number of carbonyl (C=O) groups is 4. The number of benzene rings is 4. The minimum absolute atomic E-state index is 0.0183. The van der Waals surface area contributed by atoms with Gasteiger partial charge < -0.3 is 45.2 Å². The van der Waals surface area contributed by atoms with Gasteiger partial charge in [0.25, 0.3) is 0 Å². The van der Waals surface area contributed by atoms with E-state index in [0.29, 0.717) is 49.4 Å². The van der Waals surface area contributed by atoms with Gasteiger partial charge in [-0.05, 0) is 67.1 Å². The Balaban J connectivity index is 0.982. The predicted molar refractivity (Wildman–Crippen MR) is 272 cm³/mol. The van der Waals surface area contributed by atoms with Crippen molar-refractivity contribution >= 4 is 62.3 Å². The van der Waals surface area contributed by atoms with Crippen LogP contribution in [0.2, 0.25) is 0 Å². The molecule has 384 valence electrons. The second-order valence-corrected chi connectivity index (χ2v) is 20.6. The van der Waals surface area contributed by atoms with Gasteiger partial charge in [0.05, 0.1) is 18.5 Å². The van der Waals surface area contributed by atoms with Crippen molar-refractivity contribution in [1.82, 2.24) is 24.4 Å². The normalized spacial score (nSPS) is 17.2. The molecule has 3 aliphatic rings.